The first kappa shape index (κ1) is 17.7. The molecule has 0 aliphatic heterocycles. The number of nitrogens with zero attached hydrogens (tertiary/aromatic N) is 5. The Hall–Kier alpha value is -2.69. The first-order valence-electron chi connectivity index (χ1n) is 7.68. The van der Waals surface area contributed by atoms with Crippen LogP contribution < -0.4 is 5.56 Å². The lowest BCUT2D eigenvalue weighted by molar-refractivity contribution is -0.143. The topological polar surface area (TPSA) is 114 Å². The fourth-order valence-electron chi connectivity index (χ4n) is 2.66. The zero-order chi connectivity index (χ0) is 18.2. The van der Waals surface area contributed by atoms with Gasteiger partial charge in [0.2, 0.25) is 5.82 Å². The van der Waals surface area contributed by atoms with Crippen molar-refractivity contribution in [1.82, 2.24) is 19.3 Å². The normalized spacial score (nSPS) is 13.2. The van der Waals surface area contributed by atoms with E-state index < -0.39 is 17.6 Å². The van der Waals surface area contributed by atoms with Crippen molar-refractivity contribution in [3.05, 3.63) is 22.4 Å². The Balaban J connectivity index is 2.89. The molecule has 8 heteroatoms. The summed E-state index contributed by atoms with van der Waals surface area (Å²) in [5.41, 5.74) is -0.397. The second-order valence-corrected chi connectivity index (χ2v) is 7.34. The van der Waals surface area contributed by atoms with Crippen LogP contribution in [0.15, 0.2) is 11.0 Å². The van der Waals surface area contributed by atoms with E-state index in [9.17, 15) is 14.7 Å². The number of carbonyl (C=O) groups is 1. The molecule has 128 valence electrons. The number of aliphatic carboxylic acids is 1. The van der Waals surface area contributed by atoms with Crippen LogP contribution in [0.25, 0.3) is 11.0 Å². The van der Waals surface area contributed by atoms with Gasteiger partial charge in [-0.1, -0.05) is 34.6 Å². The molecule has 0 amide bonds. The summed E-state index contributed by atoms with van der Waals surface area (Å²) in [4.78, 5) is 32.5. The maximum atomic E-state index is 12.8. The fraction of sp³-hybridized carbons (Fsp3) is 0.562. The summed E-state index contributed by atoms with van der Waals surface area (Å²) in [7, 11) is 0. The molecule has 8 nitrogen and oxygen atoms in total. The molecule has 0 aromatic carbocycles. The summed E-state index contributed by atoms with van der Waals surface area (Å²) in [6.07, 6.45) is 1.29. The van der Waals surface area contributed by atoms with Gasteiger partial charge in [0, 0.05) is 12.7 Å². The molecule has 0 spiro atoms. The molecule has 0 aliphatic rings. The summed E-state index contributed by atoms with van der Waals surface area (Å²) in [5, 5.41) is 18.8. The molecule has 2 heterocycles. The van der Waals surface area contributed by atoms with E-state index in [0.29, 0.717) is 6.54 Å². The number of aromatic nitrogens is 4. The van der Waals surface area contributed by atoms with Crippen LogP contribution in [0.2, 0.25) is 0 Å². The molecule has 0 radical (unpaired) electrons. The maximum absolute atomic E-state index is 12.8. The van der Waals surface area contributed by atoms with Crippen molar-refractivity contribution < 1.29 is 9.90 Å². The lowest BCUT2D eigenvalue weighted by Crippen LogP contribution is -2.37. The van der Waals surface area contributed by atoms with E-state index in [1.54, 1.807) is 18.5 Å². The number of carboxylic acids is 1. The largest absolute Gasteiger partial charge is 0.480 e. The highest BCUT2D eigenvalue weighted by Crippen LogP contribution is 2.24. The van der Waals surface area contributed by atoms with Crippen LogP contribution >= 0.6 is 0 Å². The molecule has 0 saturated carbocycles. The molecule has 2 aromatic heterocycles. The van der Waals surface area contributed by atoms with Gasteiger partial charge in [-0.05, 0) is 11.3 Å². The quantitative estimate of drug-likeness (QED) is 0.913. The molecule has 1 atom stereocenters. The van der Waals surface area contributed by atoms with E-state index in [2.05, 4.69) is 9.97 Å². The van der Waals surface area contributed by atoms with Crippen molar-refractivity contribution in [2.24, 2.45) is 11.3 Å². The van der Waals surface area contributed by atoms with Gasteiger partial charge < -0.3 is 5.11 Å². The van der Waals surface area contributed by atoms with E-state index in [0.717, 1.165) is 0 Å². The van der Waals surface area contributed by atoms with Crippen molar-refractivity contribution in [2.45, 2.75) is 47.2 Å². The van der Waals surface area contributed by atoms with Crippen molar-refractivity contribution in [3.63, 3.8) is 0 Å². The molecule has 1 N–H and O–H groups in total. The van der Waals surface area contributed by atoms with Gasteiger partial charge in [-0.25, -0.2) is 14.5 Å². The maximum Gasteiger partial charge on any atom is 0.328 e. The minimum atomic E-state index is -1.08. The molecule has 2 rings (SSSR count). The molecule has 0 saturated heterocycles. The van der Waals surface area contributed by atoms with Gasteiger partial charge in [-0.15, -0.1) is 0 Å². The van der Waals surface area contributed by atoms with Gasteiger partial charge in [0.1, 0.15) is 11.5 Å². The first-order valence-corrected chi connectivity index (χ1v) is 7.68. The Morgan fingerprint density at radius 3 is 2.50 bits per heavy atom. The Labute approximate surface area is 139 Å². The summed E-state index contributed by atoms with van der Waals surface area (Å²) < 4.78 is 2.80. The van der Waals surface area contributed by atoms with E-state index in [1.165, 1.54) is 10.9 Å². The van der Waals surface area contributed by atoms with E-state index in [-0.39, 0.29) is 28.2 Å². The predicted molar refractivity (Wildman–Crippen MR) is 87.5 cm³/mol. The highest BCUT2D eigenvalue weighted by atomic mass is 16.4. The minimum absolute atomic E-state index is 0.0567. The number of nitriles is 1. The van der Waals surface area contributed by atoms with Crippen LogP contribution in [0.1, 0.15) is 46.5 Å². The standard InChI is InChI=1S/C16H21N5O3/c1-9(2)12(15(23)24)21-14(22)10-7-18-11(6-17)19-13(10)20(21)8-16(3,4)5/h7,9,12H,8H2,1-5H3,(H,23,24). The van der Waals surface area contributed by atoms with Crippen molar-refractivity contribution >= 4 is 17.0 Å². The monoisotopic (exact) mass is 331 g/mol. The summed E-state index contributed by atoms with van der Waals surface area (Å²) in [6.45, 7) is 9.80. The third kappa shape index (κ3) is 3.15. The number of hydrogen-bond donors (Lipinski definition) is 1. The Morgan fingerprint density at radius 1 is 1.42 bits per heavy atom. The summed E-state index contributed by atoms with van der Waals surface area (Å²) in [5.74, 6) is -1.44. The molecule has 0 bridgehead atoms. The van der Waals surface area contributed by atoms with Crippen molar-refractivity contribution in [3.8, 4) is 6.07 Å². The van der Waals surface area contributed by atoms with Gasteiger partial charge in [0.15, 0.2) is 11.7 Å². The Kier molecular flexibility index (Phi) is 4.47. The van der Waals surface area contributed by atoms with Gasteiger partial charge >= 0.3 is 5.97 Å². The molecule has 1 unspecified atom stereocenters. The molecular formula is C16H21N5O3. The van der Waals surface area contributed by atoms with Crippen LogP contribution in [0.4, 0.5) is 0 Å². The Bertz CT molecular complexity index is 880. The summed E-state index contributed by atoms with van der Waals surface area (Å²) in [6, 6.07) is 0.821. The van der Waals surface area contributed by atoms with Gasteiger partial charge in [-0.3, -0.25) is 9.48 Å². The highest BCUT2D eigenvalue weighted by molar-refractivity contribution is 5.76. The zero-order valence-electron chi connectivity index (χ0n) is 14.4. The average Bonchev–Trinajstić information content (AvgIpc) is 2.70. The SMILES string of the molecule is CC(C)C(C(=O)O)n1c(=O)c2cnc(C#N)nc2n1CC(C)(C)C. The van der Waals surface area contributed by atoms with Crippen LogP contribution in [0, 0.1) is 22.7 Å². The van der Waals surface area contributed by atoms with Gasteiger partial charge in [-0.2, -0.15) is 10.2 Å². The third-order valence-corrected chi connectivity index (χ3v) is 3.58. The zero-order valence-corrected chi connectivity index (χ0v) is 14.4. The van der Waals surface area contributed by atoms with E-state index in [4.69, 9.17) is 5.26 Å². The minimum Gasteiger partial charge on any atom is -0.480 e. The molecule has 2 aromatic rings. The van der Waals surface area contributed by atoms with Crippen LogP contribution in [-0.4, -0.2) is 30.4 Å². The molecule has 0 fully saturated rings. The summed E-state index contributed by atoms with van der Waals surface area (Å²) >= 11 is 0. The lowest BCUT2D eigenvalue weighted by Gasteiger charge is -2.26. The Morgan fingerprint density at radius 2 is 2.04 bits per heavy atom. The van der Waals surface area contributed by atoms with Crippen molar-refractivity contribution in [1.29, 1.82) is 5.26 Å². The van der Waals surface area contributed by atoms with E-state index in [1.807, 2.05) is 26.8 Å². The molecular weight excluding hydrogens is 310 g/mol. The highest BCUT2D eigenvalue weighted by Gasteiger charge is 2.31. The molecule has 0 aliphatic carbocycles. The second kappa shape index (κ2) is 6.07. The van der Waals surface area contributed by atoms with Gasteiger partial charge in [0.25, 0.3) is 5.56 Å². The molecule has 24 heavy (non-hydrogen) atoms. The average molecular weight is 331 g/mol. The van der Waals surface area contributed by atoms with Crippen LogP contribution in [-0.2, 0) is 11.3 Å². The number of rotatable bonds is 4. The number of hydrogen-bond acceptors (Lipinski definition) is 5. The number of fused-ring (bicyclic) bond motifs is 1. The predicted octanol–water partition coefficient (Wildman–Crippen LogP) is 1.79. The van der Waals surface area contributed by atoms with Crippen LogP contribution in [0.5, 0.6) is 0 Å². The fourth-order valence-corrected chi connectivity index (χ4v) is 2.66. The van der Waals surface area contributed by atoms with E-state index >= 15 is 0 Å². The first-order chi connectivity index (χ1) is 11.1. The third-order valence-electron chi connectivity index (χ3n) is 3.58. The van der Waals surface area contributed by atoms with Crippen LogP contribution in [0.3, 0.4) is 0 Å². The second-order valence-electron chi connectivity index (χ2n) is 7.34. The van der Waals surface area contributed by atoms with Gasteiger partial charge in [0.05, 0.1) is 0 Å². The number of carboxylic acid groups (broad SMARTS) is 1. The lowest BCUT2D eigenvalue weighted by atomic mass is 9.97. The van der Waals surface area contributed by atoms with Crippen molar-refractivity contribution in [2.75, 3.05) is 0 Å². The smallest absolute Gasteiger partial charge is 0.328 e.